The Labute approximate surface area is 46.5 Å². The maximum atomic E-state index is 11.4. The monoisotopic (exact) mass is 124 g/mol. The Bertz CT molecular complexity index is 60.0. The van der Waals surface area contributed by atoms with E-state index >= 15 is 0 Å². The van der Waals surface area contributed by atoms with Gasteiger partial charge in [-0.2, -0.15) is 0 Å². The molecule has 0 rings (SSSR count). The number of hydrogen-bond donors (Lipinski definition) is 2. The Morgan fingerprint density at radius 2 is 2.12 bits per heavy atom. The molecule has 0 spiro atoms. The van der Waals surface area contributed by atoms with Gasteiger partial charge < -0.3 is 5.21 Å². The molecule has 0 saturated carbocycles. The van der Waals surface area contributed by atoms with Crippen molar-refractivity contribution in [2.45, 2.75) is 6.43 Å². The van der Waals surface area contributed by atoms with Gasteiger partial charge in [0.25, 0.3) is 0 Å². The van der Waals surface area contributed by atoms with Crippen molar-refractivity contribution in [2.75, 3.05) is 6.54 Å². The van der Waals surface area contributed by atoms with E-state index in [2.05, 4.69) is 6.92 Å². The fourth-order valence-corrected chi connectivity index (χ4v) is 0.206. The molecule has 0 heterocycles. The van der Waals surface area contributed by atoms with Crippen LogP contribution in [0.25, 0.3) is 0 Å². The molecule has 0 aromatic carbocycles. The number of halogens is 2. The van der Waals surface area contributed by atoms with Gasteiger partial charge in [-0.3, -0.25) is 0 Å². The maximum Gasteiger partial charge on any atom is 0.242 e. The molecular weight excluding hydrogens is 116 g/mol. The summed E-state index contributed by atoms with van der Waals surface area (Å²) in [6, 6.07) is 0. The van der Waals surface area contributed by atoms with Crippen molar-refractivity contribution in [1.82, 2.24) is 5.48 Å². The molecule has 0 unspecified atom stereocenters. The van der Waals surface area contributed by atoms with Gasteiger partial charge in [0.1, 0.15) is 0 Å². The molecule has 0 bridgehead atoms. The van der Waals surface area contributed by atoms with E-state index in [0.717, 1.165) is 0 Å². The molecule has 1 atom stereocenters. The molecule has 0 saturated heterocycles. The van der Waals surface area contributed by atoms with Crippen LogP contribution in [-0.4, -0.2) is 18.2 Å². The molecule has 0 aromatic rings. The normalized spacial score (nSPS) is 14.6. The highest BCUT2D eigenvalue weighted by atomic mass is 19.3. The highest BCUT2D eigenvalue weighted by Gasteiger charge is 2.12. The van der Waals surface area contributed by atoms with Crippen LogP contribution in [0.3, 0.4) is 0 Å². The first kappa shape index (κ1) is 7.78. The molecule has 0 fully saturated rings. The Hall–Kier alpha value is -0.220. The molecule has 1 radical (unpaired) electrons. The summed E-state index contributed by atoms with van der Waals surface area (Å²) in [5, 5.41) is 7.86. The first-order valence-electron chi connectivity index (χ1n) is 2.16. The van der Waals surface area contributed by atoms with Crippen molar-refractivity contribution in [3.63, 3.8) is 0 Å². The molecule has 2 N–H and O–H groups in total. The lowest BCUT2D eigenvalue weighted by Crippen LogP contribution is -2.22. The van der Waals surface area contributed by atoms with Crippen LogP contribution in [0.15, 0.2) is 0 Å². The van der Waals surface area contributed by atoms with E-state index in [0.29, 0.717) is 0 Å². The van der Waals surface area contributed by atoms with Crippen molar-refractivity contribution in [3.8, 4) is 0 Å². The highest BCUT2D eigenvalue weighted by Crippen LogP contribution is 2.05. The van der Waals surface area contributed by atoms with Crippen molar-refractivity contribution < 1.29 is 14.0 Å². The second-order valence-corrected chi connectivity index (χ2v) is 1.46. The third-order valence-corrected chi connectivity index (χ3v) is 0.710. The lowest BCUT2D eigenvalue weighted by molar-refractivity contribution is 0.0674. The average molecular weight is 124 g/mol. The predicted molar refractivity (Wildman–Crippen MR) is 24.6 cm³/mol. The first-order valence-corrected chi connectivity index (χ1v) is 2.16. The minimum atomic E-state index is -2.46. The van der Waals surface area contributed by atoms with E-state index in [1.54, 1.807) is 5.48 Å². The zero-order valence-electron chi connectivity index (χ0n) is 4.27. The number of alkyl halides is 2. The third-order valence-electron chi connectivity index (χ3n) is 0.710. The fraction of sp³-hybridized carbons (Fsp3) is 0.750. The van der Waals surface area contributed by atoms with Gasteiger partial charge in [-0.05, 0) is 6.92 Å². The van der Waals surface area contributed by atoms with Gasteiger partial charge in [-0.25, -0.2) is 14.3 Å². The zero-order valence-corrected chi connectivity index (χ0v) is 4.27. The maximum absolute atomic E-state index is 11.4. The van der Waals surface area contributed by atoms with E-state index in [-0.39, 0.29) is 6.54 Å². The van der Waals surface area contributed by atoms with E-state index in [9.17, 15) is 8.78 Å². The molecule has 0 aliphatic carbocycles. The Morgan fingerprint density at radius 3 is 2.25 bits per heavy atom. The summed E-state index contributed by atoms with van der Waals surface area (Å²) < 4.78 is 22.8. The second kappa shape index (κ2) is 3.74. The van der Waals surface area contributed by atoms with Gasteiger partial charge in [-0.15, -0.1) is 0 Å². The number of hydroxylamine groups is 1. The molecule has 0 aliphatic heterocycles. The largest absolute Gasteiger partial charge is 0.317 e. The summed E-state index contributed by atoms with van der Waals surface area (Å²) >= 11 is 0. The van der Waals surface area contributed by atoms with Gasteiger partial charge in [0.2, 0.25) is 6.43 Å². The molecule has 0 aromatic heterocycles. The quantitative estimate of drug-likeness (QED) is 0.542. The Balaban J connectivity index is 3.17. The summed E-state index contributed by atoms with van der Waals surface area (Å²) in [7, 11) is 0. The van der Waals surface area contributed by atoms with Crippen LogP contribution < -0.4 is 5.48 Å². The van der Waals surface area contributed by atoms with Crippen LogP contribution >= 0.6 is 0 Å². The summed E-state index contributed by atoms with van der Waals surface area (Å²) in [6.45, 7) is 2.89. The molecule has 49 valence electrons. The highest BCUT2D eigenvalue weighted by molar-refractivity contribution is 4.63. The van der Waals surface area contributed by atoms with Crippen molar-refractivity contribution in [2.24, 2.45) is 5.92 Å². The third kappa shape index (κ3) is 2.87. The smallest absolute Gasteiger partial charge is 0.242 e. The SMILES string of the molecule is [CH2][C@@H](CNO)C(F)F. The molecule has 8 heavy (non-hydrogen) atoms. The number of nitrogens with one attached hydrogen (secondary N) is 1. The second-order valence-electron chi connectivity index (χ2n) is 1.46. The van der Waals surface area contributed by atoms with Gasteiger partial charge in [0, 0.05) is 12.5 Å². The standard InChI is InChI=1S/C4H8F2NO/c1-3(2-7-8)4(5)6/h3-4,7-8H,1-2H2/t3-/m0/s1. The predicted octanol–water partition coefficient (Wildman–Crippen LogP) is 0.681. The minimum Gasteiger partial charge on any atom is -0.317 e. The van der Waals surface area contributed by atoms with Gasteiger partial charge in [-0.1, -0.05) is 0 Å². The van der Waals surface area contributed by atoms with E-state index in [4.69, 9.17) is 5.21 Å². The first-order chi connectivity index (χ1) is 3.68. The van der Waals surface area contributed by atoms with Gasteiger partial charge in [0.05, 0.1) is 0 Å². The molecular formula is C4H8F2NO. The molecule has 2 nitrogen and oxygen atoms in total. The fourth-order valence-electron chi connectivity index (χ4n) is 0.206. The summed E-state index contributed by atoms with van der Waals surface area (Å²) in [4.78, 5) is 0. The summed E-state index contributed by atoms with van der Waals surface area (Å²) in [5.41, 5.74) is 1.61. The topological polar surface area (TPSA) is 32.3 Å². The van der Waals surface area contributed by atoms with Gasteiger partial charge in [0.15, 0.2) is 0 Å². The zero-order chi connectivity index (χ0) is 6.57. The summed E-state index contributed by atoms with van der Waals surface area (Å²) in [5.74, 6) is -1.03. The van der Waals surface area contributed by atoms with Crippen molar-refractivity contribution >= 4 is 0 Å². The van der Waals surface area contributed by atoms with Crippen LogP contribution in [-0.2, 0) is 0 Å². The number of hydrogen-bond acceptors (Lipinski definition) is 2. The Morgan fingerprint density at radius 1 is 1.62 bits per heavy atom. The molecule has 4 heteroatoms. The van der Waals surface area contributed by atoms with Crippen LogP contribution in [0.4, 0.5) is 8.78 Å². The minimum absolute atomic E-state index is 0.169. The van der Waals surface area contributed by atoms with E-state index in [1.807, 2.05) is 0 Å². The van der Waals surface area contributed by atoms with E-state index in [1.165, 1.54) is 0 Å². The van der Waals surface area contributed by atoms with E-state index < -0.39 is 12.3 Å². The molecule has 0 aliphatic rings. The molecule has 0 amide bonds. The average Bonchev–Trinajstić information content (AvgIpc) is 1.67. The Kier molecular flexibility index (Phi) is 3.64. The van der Waals surface area contributed by atoms with Crippen LogP contribution in [0.1, 0.15) is 0 Å². The van der Waals surface area contributed by atoms with Gasteiger partial charge >= 0.3 is 0 Å². The van der Waals surface area contributed by atoms with Crippen molar-refractivity contribution in [3.05, 3.63) is 6.92 Å². The summed E-state index contributed by atoms with van der Waals surface area (Å²) in [6.07, 6.45) is -2.46. The van der Waals surface area contributed by atoms with Crippen LogP contribution in [0.2, 0.25) is 0 Å². The van der Waals surface area contributed by atoms with Crippen molar-refractivity contribution in [1.29, 1.82) is 0 Å². The lowest BCUT2D eigenvalue weighted by Gasteiger charge is -2.05. The van der Waals surface area contributed by atoms with Crippen LogP contribution in [0.5, 0.6) is 0 Å². The van der Waals surface area contributed by atoms with Crippen LogP contribution in [0, 0.1) is 12.8 Å². The number of rotatable bonds is 3. The lowest BCUT2D eigenvalue weighted by atomic mass is 10.2.